The molecule has 0 aliphatic carbocycles. The fraction of sp³-hybridized carbons (Fsp3) is 0.0526. The Morgan fingerprint density at radius 2 is 1.76 bits per heavy atom. The number of amides is 1. The molecule has 1 N–H and O–H groups in total. The lowest BCUT2D eigenvalue weighted by Gasteiger charge is -2.10. The maximum atomic E-state index is 13.7. The summed E-state index contributed by atoms with van der Waals surface area (Å²) in [6.45, 7) is 0.264. The lowest BCUT2D eigenvalue weighted by atomic mass is 10.1. The molecule has 0 fully saturated rings. The molecule has 0 unspecified atom stereocenters. The van der Waals surface area contributed by atoms with Crippen LogP contribution in [0.2, 0.25) is 0 Å². The largest absolute Gasteiger partial charge is 0.487 e. The normalized spacial score (nSPS) is 10.3. The Balaban J connectivity index is 1.70. The number of hydrogen-bond acceptors (Lipinski definition) is 3. The van der Waals surface area contributed by atoms with Crippen LogP contribution < -0.4 is 10.1 Å². The van der Waals surface area contributed by atoms with Gasteiger partial charge in [0.05, 0.1) is 5.69 Å². The number of carbonyl (C=O) groups is 1. The summed E-state index contributed by atoms with van der Waals surface area (Å²) < 4.78 is 32.9. The Morgan fingerprint density at radius 3 is 2.48 bits per heavy atom. The molecule has 0 aliphatic rings. The van der Waals surface area contributed by atoms with Gasteiger partial charge < -0.3 is 10.1 Å². The molecule has 126 valence electrons. The molecule has 1 aromatic heterocycles. The van der Waals surface area contributed by atoms with Gasteiger partial charge in [-0.15, -0.1) is 0 Å². The van der Waals surface area contributed by atoms with Gasteiger partial charge in [-0.2, -0.15) is 0 Å². The minimum Gasteiger partial charge on any atom is -0.487 e. The van der Waals surface area contributed by atoms with E-state index in [1.54, 1.807) is 30.5 Å². The van der Waals surface area contributed by atoms with Crippen LogP contribution in [0, 0.1) is 11.6 Å². The second-order valence-electron chi connectivity index (χ2n) is 5.19. The fourth-order valence-electron chi connectivity index (χ4n) is 2.21. The third-order valence-corrected chi connectivity index (χ3v) is 3.39. The van der Waals surface area contributed by atoms with Crippen LogP contribution in [0.25, 0.3) is 0 Å². The summed E-state index contributed by atoms with van der Waals surface area (Å²) in [6.07, 6.45) is 1.66. The van der Waals surface area contributed by atoms with E-state index in [2.05, 4.69) is 10.3 Å². The van der Waals surface area contributed by atoms with Crippen LogP contribution in [-0.2, 0) is 6.61 Å². The third kappa shape index (κ3) is 4.17. The molecule has 0 atom stereocenters. The van der Waals surface area contributed by atoms with Crippen LogP contribution in [0.15, 0.2) is 66.9 Å². The molecule has 2 aromatic carbocycles. The second-order valence-corrected chi connectivity index (χ2v) is 5.19. The first kappa shape index (κ1) is 16.6. The van der Waals surface area contributed by atoms with Crippen LogP contribution >= 0.6 is 0 Å². The minimum atomic E-state index is -0.917. The maximum Gasteiger partial charge on any atom is 0.261 e. The summed E-state index contributed by atoms with van der Waals surface area (Å²) in [5.41, 5.74) is 0.499. The Hall–Kier alpha value is -3.28. The molecule has 4 nitrogen and oxygen atoms in total. The quantitative estimate of drug-likeness (QED) is 0.758. The van der Waals surface area contributed by atoms with Crippen molar-refractivity contribution in [3.63, 3.8) is 0 Å². The van der Waals surface area contributed by atoms with E-state index in [0.29, 0.717) is 11.4 Å². The van der Waals surface area contributed by atoms with Gasteiger partial charge in [0.1, 0.15) is 29.6 Å². The number of hydrogen-bond donors (Lipinski definition) is 1. The number of aromatic nitrogens is 1. The first-order valence-electron chi connectivity index (χ1n) is 7.51. The standard InChI is InChI=1S/C19H14F2N2O2/c20-16-8-4-9-17(21)18(16)19(24)23-13-6-3-7-15(11-13)25-12-14-5-1-2-10-22-14/h1-11H,12H2,(H,23,24). The highest BCUT2D eigenvalue weighted by atomic mass is 19.1. The average Bonchev–Trinajstić information content (AvgIpc) is 2.61. The predicted octanol–water partition coefficient (Wildman–Crippen LogP) is 4.19. The highest BCUT2D eigenvalue weighted by molar-refractivity contribution is 6.04. The van der Waals surface area contributed by atoms with Crippen LogP contribution in [0.4, 0.5) is 14.5 Å². The molecule has 25 heavy (non-hydrogen) atoms. The summed E-state index contributed by atoms with van der Waals surface area (Å²) >= 11 is 0. The molecule has 0 spiro atoms. The van der Waals surface area contributed by atoms with Gasteiger partial charge in [-0.1, -0.05) is 18.2 Å². The smallest absolute Gasteiger partial charge is 0.261 e. The van der Waals surface area contributed by atoms with Crippen molar-refractivity contribution in [2.75, 3.05) is 5.32 Å². The first-order valence-corrected chi connectivity index (χ1v) is 7.51. The van der Waals surface area contributed by atoms with Crippen molar-refractivity contribution in [2.45, 2.75) is 6.61 Å². The van der Waals surface area contributed by atoms with E-state index in [4.69, 9.17) is 4.74 Å². The molecule has 1 amide bonds. The number of halogens is 2. The highest BCUT2D eigenvalue weighted by Gasteiger charge is 2.17. The van der Waals surface area contributed by atoms with E-state index in [0.717, 1.165) is 17.8 Å². The Bertz CT molecular complexity index is 865. The monoisotopic (exact) mass is 340 g/mol. The number of carbonyl (C=O) groups excluding carboxylic acids is 1. The van der Waals surface area contributed by atoms with Gasteiger partial charge in [0, 0.05) is 18.0 Å². The molecule has 3 aromatic rings. The maximum absolute atomic E-state index is 13.7. The van der Waals surface area contributed by atoms with E-state index in [1.165, 1.54) is 6.07 Å². The van der Waals surface area contributed by atoms with Crippen molar-refractivity contribution in [3.8, 4) is 5.75 Å². The zero-order valence-corrected chi connectivity index (χ0v) is 13.1. The zero-order valence-electron chi connectivity index (χ0n) is 13.1. The topological polar surface area (TPSA) is 51.2 Å². The lowest BCUT2D eigenvalue weighted by Crippen LogP contribution is -2.15. The molecule has 6 heteroatoms. The SMILES string of the molecule is O=C(Nc1cccc(OCc2ccccn2)c1)c1c(F)cccc1F. The first-order chi connectivity index (χ1) is 12.1. The second kappa shape index (κ2) is 7.53. The Labute approximate surface area is 143 Å². The van der Waals surface area contributed by atoms with E-state index in [9.17, 15) is 13.6 Å². The molecule has 1 heterocycles. The van der Waals surface area contributed by atoms with Gasteiger partial charge in [0.2, 0.25) is 0 Å². The van der Waals surface area contributed by atoms with Gasteiger partial charge in [-0.05, 0) is 36.4 Å². The molecular formula is C19H14F2N2O2. The van der Waals surface area contributed by atoms with Gasteiger partial charge in [-0.25, -0.2) is 8.78 Å². The molecule has 3 rings (SSSR count). The van der Waals surface area contributed by atoms with Crippen molar-refractivity contribution < 1.29 is 18.3 Å². The number of nitrogens with one attached hydrogen (secondary N) is 1. The summed E-state index contributed by atoms with van der Waals surface area (Å²) in [7, 11) is 0. The van der Waals surface area contributed by atoms with Crippen LogP contribution in [0.3, 0.4) is 0 Å². The molecule has 0 saturated heterocycles. The van der Waals surface area contributed by atoms with Gasteiger partial charge in [0.25, 0.3) is 5.91 Å². The van der Waals surface area contributed by atoms with Crippen molar-refractivity contribution in [1.82, 2.24) is 4.98 Å². The van der Waals surface area contributed by atoms with Crippen molar-refractivity contribution in [1.29, 1.82) is 0 Å². The number of pyridine rings is 1. The number of nitrogens with zero attached hydrogens (tertiary/aromatic N) is 1. The third-order valence-electron chi connectivity index (χ3n) is 3.39. The van der Waals surface area contributed by atoms with Crippen molar-refractivity contribution in [3.05, 3.63) is 89.8 Å². The van der Waals surface area contributed by atoms with E-state index in [-0.39, 0.29) is 6.61 Å². The Morgan fingerprint density at radius 1 is 1.00 bits per heavy atom. The van der Waals surface area contributed by atoms with Crippen LogP contribution in [0.5, 0.6) is 5.75 Å². The number of rotatable bonds is 5. The zero-order chi connectivity index (χ0) is 17.6. The highest BCUT2D eigenvalue weighted by Crippen LogP contribution is 2.20. The average molecular weight is 340 g/mol. The number of anilines is 1. The molecule has 0 aliphatic heterocycles. The fourth-order valence-corrected chi connectivity index (χ4v) is 2.21. The molecular weight excluding hydrogens is 326 g/mol. The van der Waals surface area contributed by atoms with Crippen LogP contribution in [0.1, 0.15) is 16.1 Å². The predicted molar refractivity (Wildman–Crippen MR) is 89.3 cm³/mol. The van der Waals surface area contributed by atoms with E-state index in [1.807, 2.05) is 18.2 Å². The summed E-state index contributed by atoms with van der Waals surface area (Å²) in [6, 6.07) is 15.3. The Kier molecular flexibility index (Phi) is 4.99. The molecule has 0 saturated carbocycles. The summed E-state index contributed by atoms with van der Waals surface area (Å²) in [5, 5.41) is 2.46. The van der Waals surface area contributed by atoms with Gasteiger partial charge in [-0.3, -0.25) is 9.78 Å². The lowest BCUT2D eigenvalue weighted by molar-refractivity contribution is 0.101. The summed E-state index contributed by atoms with van der Waals surface area (Å²) in [4.78, 5) is 16.3. The molecule has 0 bridgehead atoms. The minimum absolute atomic E-state index is 0.264. The van der Waals surface area contributed by atoms with Crippen LogP contribution in [-0.4, -0.2) is 10.9 Å². The van der Waals surface area contributed by atoms with Gasteiger partial charge >= 0.3 is 0 Å². The summed E-state index contributed by atoms with van der Waals surface area (Å²) in [5.74, 6) is -2.20. The van der Waals surface area contributed by atoms with E-state index >= 15 is 0 Å². The molecule has 0 radical (unpaired) electrons. The number of ether oxygens (including phenoxy) is 1. The van der Waals surface area contributed by atoms with Crippen molar-refractivity contribution >= 4 is 11.6 Å². The number of benzene rings is 2. The van der Waals surface area contributed by atoms with Crippen molar-refractivity contribution in [2.24, 2.45) is 0 Å². The van der Waals surface area contributed by atoms with E-state index < -0.39 is 23.1 Å². The van der Waals surface area contributed by atoms with Gasteiger partial charge in [0.15, 0.2) is 0 Å².